The third-order valence-corrected chi connectivity index (χ3v) is 5.73. The van der Waals surface area contributed by atoms with Crippen molar-refractivity contribution in [1.82, 2.24) is 5.32 Å². The summed E-state index contributed by atoms with van der Waals surface area (Å²) in [4.78, 5) is 12.1. The number of rotatable bonds is 5. The lowest BCUT2D eigenvalue weighted by atomic mass is 10.1. The standard InChI is InChI=1S/C17H19NO3S/c1-12(13-6-7-13)18-17(19)11-22(20,21)16-9-8-14-4-2-3-5-15(14)10-16/h2-5,8-10,12-13H,6-7,11H2,1H3,(H,18,19)/t12-/m1/s1. The average Bonchev–Trinajstić information content (AvgIpc) is 3.30. The highest BCUT2D eigenvalue weighted by Crippen LogP contribution is 2.32. The maximum absolute atomic E-state index is 12.4. The van der Waals surface area contributed by atoms with Gasteiger partial charge in [0.2, 0.25) is 5.91 Å². The lowest BCUT2D eigenvalue weighted by Crippen LogP contribution is -2.37. The van der Waals surface area contributed by atoms with Crippen LogP contribution in [0.1, 0.15) is 19.8 Å². The zero-order chi connectivity index (χ0) is 15.7. The predicted molar refractivity (Wildman–Crippen MR) is 86.3 cm³/mol. The van der Waals surface area contributed by atoms with Gasteiger partial charge in [-0.25, -0.2) is 8.42 Å². The SMILES string of the molecule is C[C@@H](NC(=O)CS(=O)(=O)c1ccc2ccccc2c1)C1CC1. The third-order valence-electron chi connectivity index (χ3n) is 4.12. The molecule has 0 unspecified atom stereocenters. The van der Waals surface area contributed by atoms with Crippen molar-refractivity contribution in [3.8, 4) is 0 Å². The molecule has 1 aliphatic rings. The molecule has 4 nitrogen and oxygen atoms in total. The number of amides is 1. The smallest absolute Gasteiger partial charge is 0.235 e. The van der Waals surface area contributed by atoms with E-state index >= 15 is 0 Å². The molecule has 116 valence electrons. The van der Waals surface area contributed by atoms with Crippen LogP contribution in [0.2, 0.25) is 0 Å². The van der Waals surface area contributed by atoms with Crippen LogP contribution in [0.3, 0.4) is 0 Å². The minimum absolute atomic E-state index is 0.0549. The Kier molecular flexibility index (Phi) is 3.91. The molecule has 1 N–H and O–H groups in total. The molecule has 1 fully saturated rings. The van der Waals surface area contributed by atoms with E-state index in [1.165, 1.54) is 0 Å². The number of fused-ring (bicyclic) bond motifs is 1. The Hall–Kier alpha value is -1.88. The lowest BCUT2D eigenvalue weighted by Gasteiger charge is -2.13. The maximum Gasteiger partial charge on any atom is 0.235 e. The fourth-order valence-corrected chi connectivity index (χ4v) is 3.80. The molecular weight excluding hydrogens is 298 g/mol. The highest BCUT2D eigenvalue weighted by atomic mass is 32.2. The Labute approximate surface area is 130 Å². The van der Waals surface area contributed by atoms with Crippen LogP contribution in [0, 0.1) is 5.92 Å². The normalized spacial score (nSPS) is 16.4. The van der Waals surface area contributed by atoms with Gasteiger partial charge in [-0.15, -0.1) is 0 Å². The lowest BCUT2D eigenvalue weighted by molar-refractivity contribution is -0.119. The van der Waals surface area contributed by atoms with Crippen LogP contribution in [0.4, 0.5) is 0 Å². The third kappa shape index (κ3) is 3.30. The van der Waals surface area contributed by atoms with Crippen LogP contribution in [-0.4, -0.2) is 26.1 Å². The van der Waals surface area contributed by atoms with Crippen molar-refractivity contribution in [1.29, 1.82) is 0 Å². The van der Waals surface area contributed by atoms with Crippen LogP contribution in [0.25, 0.3) is 10.8 Å². The van der Waals surface area contributed by atoms with E-state index in [1.807, 2.05) is 31.2 Å². The second-order valence-electron chi connectivity index (χ2n) is 5.96. The molecule has 0 bridgehead atoms. The molecular formula is C17H19NO3S. The summed E-state index contributed by atoms with van der Waals surface area (Å²) in [5.41, 5.74) is 0. The molecule has 22 heavy (non-hydrogen) atoms. The summed E-state index contributed by atoms with van der Waals surface area (Å²) in [7, 11) is -3.61. The van der Waals surface area contributed by atoms with Gasteiger partial charge in [-0.05, 0) is 48.6 Å². The first kappa shape index (κ1) is 15.0. The minimum atomic E-state index is -3.61. The molecule has 0 aliphatic heterocycles. The molecule has 2 aromatic carbocycles. The monoisotopic (exact) mass is 317 g/mol. The van der Waals surface area contributed by atoms with Crippen molar-refractivity contribution in [3.63, 3.8) is 0 Å². The summed E-state index contributed by atoms with van der Waals surface area (Å²) in [6.45, 7) is 1.93. The van der Waals surface area contributed by atoms with Gasteiger partial charge in [0.15, 0.2) is 9.84 Å². The molecule has 0 saturated heterocycles. The summed E-state index contributed by atoms with van der Waals surface area (Å²) in [6.07, 6.45) is 2.22. The Balaban J connectivity index is 1.77. The number of carbonyl (C=O) groups is 1. The predicted octanol–water partition coefficient (Wildman–Crippen LogP) is 2.53. The van der Waals surface area contributed by atoms with Gasteiger partial charge in [0.25, 0.3) is 0 Å². The van der Waals surface area contributed by atoms with Crippen molar-refractivity contribution < 1.29 is 13.2 Å². The van der Waals surface area contributed by atoms with Gasteiger partial charge in [-0.1, -0.05) is 30.3 Å². The number of benzene rings is 2. The first-order chi connectivity index (χ1) is 10.5. The van der Waals surface area contributed by atoms with Gasteiger partial charge in [-0.2, -0.15) is 0 Å². The van der Waals surface area contributed by atoms with Crippen molar-refractivity contribution in [3.05, 3.63) is 42.5 Å². The molecule has 3 rings (SSSR count). The van der Waals surface area contributed by atoms with Crippen molar-refractivity contribution in [2.75, 3.05) is 5.75 Å². The Morgan fingerprint density at radius 1 is 1.18 bits per heavy atom. The number of sulfone groups is 1. The first-order valence-electron chi connectivity index (χ1n) is 7.47. The number of nitrogens with one attached hydrogen (secondary N) is 1. The molecule has 0 spiro atoms. The van der Waals surface area contributed by atoms with E-state index in [-0.39, 0.29) is 10.9 Å². The van der Waals surface area contributed by atoms with E-state index < -0.39 is 21.5 Å². The van der Waals surface area contributed by atoms with Gasteiger partial charge >= 0.3 is 0 Å². The van der Waals surface area contributed by atoms with Gasteiger partial charge in [0.1, 0.15) is 5.75 Å². The molecule has 0 heterocycles. The van der Waals surface area contributed by atoms with Gasteiger partial charge < -0.3 is 5.32 Å². The van der Waals surface area contributed by atoms with Crippen LogP contribution in [0.15, 0.2) is 47.4 Å². The van der Waals surface area contributed by atoms with Crippen LogP contribution in [0.5, 0.6) is 0 Å². The summed E-state index contributed by atoms with van der Waals surface area (Å²) in [6, 6.07) is 12.6. The largest absolute Gasteiger partial charge is 0.352 e. The Morgan fingerprint density at radius 2 is 1.86 bits per heavy atom. The topological polar surface area (TPSA) is 63.2 Å². The minimum Gasteiger partial charge on any atom is -0.352 e. The van der Waals surface area contributed by atoms with E-state index in [1.54, 1.807) is 18.2 Å². The molecule has 2 aromatic rings. The number of hydrogen-bond acceptors (Lipinski definition) is 3. The van der Waals surface area contributed by atoms with Crippen molar-refractivity contribution in [2.45, 2.75) is 30.7 Å². The fraction of sp³-hybridized carbons (Fsp3) is 0.353. The van der Waals surface area contributed by atoms with Crippen molar-refractivity contribution >= 4 is 26.5 Å². The highest BCUT2D eigenvalue weighted by molar-refractivity contribution is 7.92. The first-order valence-corrected chi connectivity index (χ1v) is 9.12. The molecule has 1 saturated carbocycles. The molecule has 5 heteroatoms. The Morgan fingerprint density at radius 3 is 2.55 bits per heavy atom. The van der Waals surface area contributed by atoms with E-state index in [4.69, 9.17) is 0 Å². The summed E-state index contributed by atoms with van der Waals surface area (Å²) in [5, 5.41) is 4.62. The van der Waals surface area contributed by atoms with E-state index in [0.717, 1.165) is 23.6 Å². The molecule has 0 radical (unpaired) electrons. The van der Waals surface area contributed by atoms with E-state index in [2.05, 4.69) is 5.32 Å². The highest BCUT2D eigenvalue weighted by Gasteiger charge is 2.30. The van der Waals surface area contributed by atoms with Crippen LogP contribution < -0.4 is 5.32 Å². The quantitative estimate of drug-likeness (QED) is 0.921. The maximum atomic E-state index is 12.4. The second kappa shape index (κ2) is 5.72. The zero-order valence-electron chi connectivity index (χ0n) is 12.5. The van der Waals surface area contributed by atoms with Gasteiger partial charge in [0, 0.05) is 6.04 Å². The summed E-state index contributed by atoms with van der Waals surface area (Å²) < 4.78 is 24.8. The molecule has 1 amide bonds. The summed E-state index contributed by atoms with van der Waals surface area (Å²) in [5.74, 6) is -0.414. The zero-order valence-corrected chi connectivity index (χ0v) is 13.3. The summed E-state index contributed by atoms with van der Waals surface area (Å²) >= 11 is 0. The van der Waals surface area contributed by atoms with E-state index in [0.29, 0.717) is 5.92 Å². The fourth-order valence-electron chi connectivity index (χ4n) is 2.63. The number of carbonyl (C=O) groups excluding carboxylic acids is 1. The van der Waals surface area contributed by atoms with E-state index in [9.17, 15) is 13.2 Å². The Bertz CT molecular complexity index is 810. The second-order valence-corrected chi connectivity index (χ2v) is 7.95. The molecule has 1 atom stereocenters. The van der Waals surface area contributed by atoms with Crippen LogP contribution >= 0.6 is 0 Å². The van der Waals surface area contributed by atoms with Gasteiger partial charge in [0.05, 0.1) is 4.90 Å². The molecule has 1 aliphatic carbocycles. The van der Waals surface area contributed by atoms with Crippen molar-refractivity contribution in [2.24, 2.45) is 5.92 Å². The number of hydrogen-bond donors (Lipinski definition) is 1. The van der Waals surface area contributed by atoms with Crippen LogP contribution in [-0.2, 0) is 14.6 Å². The molecule has 0 aromatic heterocycles. The van der Waals surface area contributed by atoms with Gasteiger partial charge in [-0.3, -0.25) is 4.79 Å². The average molecular weight is 317 g/mol.